The first-order chi connectivity index (χ1) is 9.13. The van der Waals surface area contributed by atoms with Crippen molar-refractivity contribution in [2.45, 2.75) is 25.7 Å². The number of nitrogens with zero attached hydrogens (tertiary/aromatic N) is 1. The van der Waals surface area contributed by atoms with E-state index < -0.39 is 0 Å². The standard InChI is InChI=1S/C14H18ClN3O/c15-12-5-11(7-17-13(12)16)14(19)18-6-10-4-8-1-2-9(10)3-8/h5,7-10H,1-4,6H2,(H2,16,17)(H,18,19). The molecule has 3 atom stereocenters. The summed E-state index contributed by atoms with van der Waals surface area (Å²) in [5, 5.41) is 3.32. The highest BCUT2D eigenvalue weighted by atomic mass is 35.5. The van der Waals surface area contributed by atoms with Gasteiger partial charge < -0.3 is 11.1 Å². The smallest absolute Gasteiger partial charge is 0.252 e. The number of carbonyl (C=O) groups is 1. The topological polar surface area (TPSA) is 68.0 Å². The van der Waals surface area contributed by atoms with Crippen molar-refractivity contribution in [3.05, 3.63) is 22.8 Å². The zero-order valence-electron chi connectivity index (χ0n) is 10.7. The number of hydrogen-bond donors (Lipinski definition) is 2. The van der Waals surface area contributed by atoms with E-state index in [0.29, 0.717) is 16.5 Å². The number of halogens is 1. The third kappa shape index (κ3) is 2.54. The summed E-state index contributed by atoms with van der Waals surface area (Å²) < 4.78 is 0. The Balaban J connectivity index is 1.57. The Labute approximate surface area is 117 Å². The summed E-state index contributed by atoms with van der Waals surface area (Å²) in [7, 11) is 0. The molecule has 5 heteroatoms. The second kappa shape index (κ2) is 5.00. The Morgan fingerprint density at radius 1 is 1.47 bits per heavy atom. The van der Waals surface area contributed by atoms with Crippen molar-refractivity contribution in [2.24, 2.45) is 17.8 Å². The molecule has 3 rings (SSSR count). The Morgan fingerprint density at radius 2 is 2.32 bits per heavy atom. The lowest BCUT2D eigenvalue weighted by molar-refractivity contribution is 0.0941. The van der Waals surface area contributed by atoms with Gasteiger partial charge in [-0.05, 0) is 43.1 Å². The third-order valence-electron chi connectivity index (χ3n) is 4.54. The van der Waals surface area contributed by atoms with Crippen molar-refractivity contribution >= 4 is 23.3 Å². The van der Waals surface area contributed by atoms with Crippen molar-refractivity contribution in [2.75, 3.05) is 12.3 Å². The number of pyridine rings is 1. The van der Waals surface area contributed by atoms with Gasteiger partial charge in [0.05, 0.1) is 10.6 Å². The number of anilines is 1. The van der Waals surface area contributed by atoms with Gasteiger partial charge in [-0.15, -0.1) is 0 Å². The molecule has 2 saturated carbocycles. The summed E-state index contributed by atoms with van der Waals surface area (Å²) in [5.74, 6) is 2.52. The van der Waals surface area contributed by atoms with Crippen LogP contribution in [0.1, 0.15) is 36.0 Å². The maximum absolute atomic E-state index is 12.0. The Morgan fingerprint density at radius 3 is 2.95 bits per heavy atom. The van der Waals surface area contributed by atoms with Crippen molar-refractivity contribution in [1.82, 2.24) is 10.3 Å². The van der Waals surface area contributed by atoms with Gasteiger partial charge in [-0.2, -0.15) is 0 Å². The van der Waals surface area contributed by atoms with Crippen LogP contribution in [0.3, 0.4) is 0 Å². The van der Waals surface area contributed by atoms with Crippen molar-refractivity contribution < 1.29 is 4.79 Å². The van der Waals surface area contributed by atoms with Gasteiger partial charge in [-0.1, -0.05) is 18.0 Å². The van der Waals surface area contributed by atoms with Crippen LogP contribution in [0, 0.1) is 17.8 Å². The van der Waals surface area contributed by atoms with Gasteiger partial charge in [0.2, 0.25) is 0 Å². The molecular weight excluding hydrogens is 262 g/mol. The second-order valence-corrected chi connectivity index (χ2v) is 6.14. The van der Waals surface area contributed by atoms with E-state index in [4.69, 9.17) is 17.3 Å². The summed E-state index contributed by atoms with van der Waals surface area (Å²) >= 11 is 5.87. The lowest BCUT2D eigenvalue weighted by atomic mass is 9.89. The number of fused-ring (bicyclic) bond motifs is 2. The molecule has 1 amide bonds. The van der Waals surface area contributed by atoms with E-state index in [1.807, 2.05) is 0 Å². The number of aromatic nitrogens is 1. The molecule has 102 valence electrons. The summed E-state index contributed by atoms with van der Waals surface area (Å²) in [4.78, 5) is 15.9. The molecule has 0 spiro atoms. The quantitative estimate of drug-likeness (QED) is 0.893. The van der Waals surface area contributed by atoms with E-state index >= 15 is 0 Å². The van der Waals surface area contributed by atoms with Gasteiger partial charge in [0, 0.05) is 12.7 Å². The normalized spacial score (nSPS) is 28.6. The van der Waals surface area contributed by atoms with Crippen LogP contribution in [0.5, 0.6) is 0 Å². The molecule has 2 aliphatic carbocycles. The SMILES string of the molecule is Nc1ncc(C(=O)NCC2CC3CCC2C3)cc1Cl. The first kappa shape index (κ1) is 12.7. The number of nitrogens with two attached hydrogens (primary N) is 1. The summed E-state index contributed by atoms with van der Waals surface area (Å²) in [5.41, 5.74) is 6.00. The van der Waals surface area contributed by atoms with Crippen LogP contribution in [0.2, 0.25) is 5.02 Å². The highest BCUT2D eigenvalue weighted by molar-refractivity contribution is 6.33. The van der Waals surface area contributed by atoms with Crippen LogP contribution in [0.15, 0.2) is 12.3 Å². The largest absolute Gasteiger partial charge is 0.382 e. The monoisotopic (exact) mass is 279 g/mol. The van der Waals surface area contributed by atoms with E-state index in [2.05, 4.69) is 10.3 Å². The van der Waals surface area contributed by atoms with Gasteiger partial charge >= 0.3 is 0 Å². The number of hydrogen-bond acceptors (Lipinski definition) is 3. The summed E-state index contributed by atoms with van der Waals surface area (Å²) in [6.07, 6.45) is 6.81. The molecule has 1 heterocycles. The molecule has 0 aliphatic heterocycles. The average molecular weight is 280 g/mol. The molecule has 1 aromatic heterocycles. The van der Waals surface area contributed by atoms with Crippen molar-refractivity contribution in [3.63, 3.8) is 0 Å². The Hall–Kier alpha value is -1.29. The van der Waals surface area contributed by atoms with Gasteiger partial charge in [0.25, 0.3) is 5.91 Å². The summed E-state index contributed by atoms with van der Waals surface area (Å²) in [6, 6.07) is 1.57. The van der Waals surface area contributed by atoms with Gasteiger partial charge in [0.1, 0.15) is 5.82 Å². The fraction of sp³-hybridized carbons (Fsp3) is 0.571. The third-order valence-corrected chi connectivity index (χ3v) is 4.84. The van der Waals surface area contributed by atoms with Crippen LogP contribution < -0.4 is 11.1 Å². The molecule has 2 fully saturated rings. The number of carbonyl (C=O) groups excluding carboxylic acids is 1. The van der Waals surface area contributed by atoms with Crippen molar-refractivity contribution in [1.29, 1.82) is 0 Å². The molecule has 3 unspecified atom stereocenters. The molecule has 4 nitrogen and oxygen atoms in total. The minimum atomic E-state index is -0.114. The zero-order valence-corrected chi connectivity index (χ0v) is 11.5. The number of amides is 1. The van der Waals surface area contributed by atoms with E-state index in [1.54, 1.807) is 6.07 Å². The lowest BCUT2D eigenvalue weighted by Gasteiger charge is -2.21. The first-order valence-electron chi connectivity index (χ1n) is 6.82. The molecule has 1 aromatic rings. The minimum absolute atomic E-state index is 0.114. The Bertz CT molecular complexity index is 505. The maximum Gasteiger partial charge on any atom is 0.252 e. The number of nitrogens with one attached hydrogen (secondary N) is 1. The van der Waals surface area contributed by atoms with Crippen LogP contribution >= 0.6 is 11.6 Å². The number of rotatable bonds is 3. The fourth-order valence-electron chi connectivity index (χ4n) is 3.52. The summed E-state index contributed by atoms with van der Waals surface area (Å²) in [6.45, 7) is 0.766. The van der Waals surface area contributed by atoms with Crippen molar-refractivity contribution in [3.8, 4) is 0 Å². The molecule has 19 heavy (non-hydrogen) atoms. The average Bonchev–Trinajstić information content (AvgIpc) is 3.01. The van der Waals surface area contributed by atoms with Gasteiger partial charge in [-0.25, -0.2) is 4.98 Å². The highest BCUT2D eigenvalue weighted by Crippen LogP contribution is 2.47. The zero-order chi connectivity index (χ0) is 13.4. The molecule has 2 aliphatic rings. The molecule has 2 bridgehead atoms. The molecular formula is C14H18ClN3O. The van der Waals surface area contributed by atoms with E-state index in [-0.39, 0.29) is 11.7 Å². The fourth-order valence-corrected chi connectivity index (χ4v) is 3.69. The molecule has 0 aromatic carbocycles. The predicted octanol–water partition coefficient (Wildman–Crippen LogP) is 2.48. The minimum Gasteiger partial charge on any atom is -0.382 e. The van der Waals surface area contributed by atoms with Gasteiger partial charge in [0.15, 0.2) is 0 Å². The van der Waals surface area contributed by atoms with Crippen LogP contribution in [0.25, 0.3) is 0 Å². The van der Waals surface area contributed by atoms with E-state index in [1.165, 1.54) is 31.9 Å². The van der Waals surface area contributed by atoms with Crippen LogP contribution in [-0.4, -0.2) is 17.4 Å². The highest BCUT2D eigenvalue weighted by Gasteiger charge is 2.39. The van der Waals surface area contributed by atoms with Crippen LogP contribution in [-0.2, 0) is 0 Å². The maximum atomic E-state index is 12.0. The number of nitrogen functional groups attached to an aromatic ring is 1. The van der Waals surface area contributed by atoms with Crippen LogP contribution in [0.4, 0.5) is 5.82 Å². The van der Waals surface area contributed by atoms with E-state index in [9.17, 15) is 4.79 Å². The van der Waals surface area contributed by atoms with Gasteiger partial charge in [-0.3, -0.25) is 4.79 Å². The first-order valence-corrected chi connectivity index (χ1v) is 7.20. The second-order valence-electron chi connectivity index (χ2n) is 5.74. The van der Waals surface area contributed by atoms with E-state index in [0.717, 1.165) is 18.4 Å². The molecule has 0 saturated heterocycles. The lowest BCUT2D eigenvalue weighted by Crippen LogP contribution is -2.31. The molecule has 0 radical (unpaired) electrons. The Kier molecular flexibility index (Phi) is 3.35. The molecule has 3 N–H and O–H groups in total. The predicted molar refractivity (Wildman–Crippen MR) is 74.9 cm³/mol.